The van der Waals surface area contributed by atoms with Gasteiger partial charge in [0.25, 0.3) is 0 Å². The quantitative estimate of drug-likeness (QED) is 0.683. The van der Waals surface area contributed by atoms with Crippen LogP contribution in [0.5, 0.6) is 0 Å². The zero-order valence-corrected chi connectivity index (χ0v) is 10.5. The summed E-state index contributed by atoms with van der Waals surface area (Å²) >= 11 is 0. The van der Waals surface area contributed by atoms with Crippen molar-refractivity contribution in [3.63, 3.8) is 0 Å². The summed E-state index contributed by atoms with van der Waals surface area (Å²) in [6.45, 7) is 8.54. The summed E-state index contributed by atoms with van der Waals surface area (Å²) in [7, 11) is 0. The summed E-state index contributed by atoms with van der Waals surface area (Å²) in [4.78, 5) is 0. The molecule has 0 spiro atoms. The van der Waals surface area contributed by atoms with Crippen LogP contribution in [0.25, 0.3) is 0 Å². The third kappa shape index (κ3) is 3.98. The first-order valence-electron chi connectivity index (χ1n) is 6.59. The molecule has 1 aliphatic rings. The Bertz CT molecular complexity index is 190. The highest BCUT2D eigenvalue weighted by molar-refractivity contribution is 4.97. The van der Waals surface area contributed by atoms with E-state index in [0.29, 0.717) is 6.04 Å². The predicted molar refractivity (Wildman–Crippen MR) is 67.8 cm³/mol. The van der Waals surface area contributed by atoms with Gasteiger partial charge >= 0.3 is 0 Å². The minimum Gasteiger partial charge on any atom is -0.327 e. The van der Waals surface area contributed by atoms with Crippen LogP contribution in [0.15, 0.2) is 12.2 Å². The molecule has 0 aromatic rings. The van der Waals surface area contributed by atoms with Crippen LogP contribution in [-0.4, -0.2) is 6.04 Å². The molecule has 0 amide bonds. The molecular weight excluding hydrogens is 182 g/mol. The lowest BCUT2D eigenvalue weighted by molar-refractivity contribution is 0.237. The molecule has 0 aliphatic heterocycles. The van der Waals surface area contributed by atoms with Crippen LogP contribution < -0.4 is 5.73 Å². The Balaban J connectivity index is 2.29. The molecule has 2 N–H and O–H groups in total. The molecule has 0 heterocycles. The second-order valence-corrected chi connectivity index (χ2v) is 5.16. The van der Waals surface area contributed by atoms with Crippen molar-refractivity contribution in [2.45, 2.75) is 64.8 Å². The Morgan fingerprint density at radius 1 is 1.27 bits per heavy atom. The Labute approximate surface area is 95.1 Å². The first-order chi connectivity index (χ1) is 7.17. The second-order valence-electron chi connectivity index (χ2n) is 5.16. The molecule has 88 valence electrons. The number of hydrogen-bond acceptors (Lipinski definition) is 1. The van der Waals surface area contributed by atoms with Crippen molar-refractivity contribution < 1.29 is 0 Å². The molecule has 1 aliphatic carbocycles. The monoisotopic (exact) mass is 209 g/mol. The van der Waals surface area contributed by atoms with Crippen LogP contribution in [0.4, 0.5) is 0 Å². The van der Waals surface area contributed by atoms with Crippen molar-refractivity contribution in [2.24, 2.45) is 17.6 Å². The van der Waals surface area contributed by atoms with E-state index in [0.717, 1.165) is 24.7 Å². The first kappa shape index (κ1) is 12.8. The fourth-order valence-electron chi connectivity index (χ4n) is 2.67. The second kappa shape index (κ2) is 6.32. The van der Waals surface area contributed by atoms with Gasteiger partial charge in [-0.1, -0.05) is 45.3 Å². The topological polar surface area (TPSA) is 26.0 Å². The van der Waals surface area contributed by atoms with E-state index in [9.17, 15) is 0 Å². The summed E-state index contributed by atoms with van der Waals surface area (Å²) in [5, 5.41) is 0. The summed E-state index contributed by atoms with van der Waals surface area (Å²) in [6.07, 6.45) is 8.95. The van der Waals surface area contributed by atoms with Gasteiger partial charge in [-0.2, -0.15) is 0 Å². The van der Waals surface area contributed by atoms with Crippen molar-refractivity contribution in [2.75, 3.05) is 0 Å². The van der Waals surface area contributed by atoms with Gasteiger partial charge in [0.05, 0.1) is 0 Å². The molecule has 0 radical (unpaired) electrons. The van der Waals surface area contributed by atoms with Crippen LogP contribution >= 0.6 is 0 Å². The van der Waals surface area contributed by atoms with Gasteiger partial charge in [0.1, 0.15) is 0 Å². The average Bonchev–Trinajstić information content (AvgIpc) is 2.29. The predicted octanol–water partition coefficient (Wildman–Crippen LogP) is 3.89. The largest absolute Gasteiger partial charge is 0.327 e. The Morgan fingerprint density at radius 2 is 1.87 bits per heavy atom. The standard InChI is InChI=1S/C14H27N/c1-4-11(3)10-14(15)13-8-6-12(5-2)7-9-13/h12-14H,3-10,15H2,1-2H3. The summed E-state index contributed by atoms with van der Waals surface area (Å²) in [6, 6.07) is 0.371. The van der Waals surface area contributed by atoms with Crippen molar-refractivity contribution in [3.05, 3.63) is 12.2 Å². The summed E-state index contributed by atoms with van der Waals surface area (Å²) in [5.41, 5.74) is 7.57. The Morgan fingerprint density at radius 3 is 2.33 bits per heavy atom. The van der Waals surface area contributed by atoms with Crippen molar-refractivity contribution in [3.8, 4) is 0 Å². The van der Waals surface area contributed by atoms with Crippen molar-refractivity contribution in [1.82, 2.24) is 0 Å². The molecule has 15 heavy (non-hydrogen) atoms. The van der Waals surface area contributed by atoms with E-state index in [1.807, 2.05) is 0 Å². The number of rotatable bonds is 5. The maximum absolute atomic E-state index is 6.25. The van der Waals surface area contributed by atoms with Gasteiger partial charge in [0, 0.05) is 6.04 Å². The molecule has 0 aromatic carbocycles. The van der Waals surface area contributed by atoms with E-state index in [1.165, 1.54) is 37.7 Å². The molecule has 0 bridgehead atoms. The molecule has 1 nitrogen and oxygen atoms in total. The van der Waals surface area contributed by atoms with Crippen molar-refractivity contribution >= 4 is 0 Å². The van der Waals surface area contributed by atoms with Crippen molar-refractivity contribution in [1.29, 1.82) is 0 Å². The van der Waals surface area contributed by atoms with E-state index in [-0.39, 0.29) is 0 Å². The lowest BCUT2D eigenvalue weighted by Gasteiger charge is -2.32. The van der Waals surface area contributed by atoms with Crippen LogP contribution in [0.2, 0.25) is 0 Å². The van der Waals surface area contributed by atoms with E-state index < -0.39 is 0 Å². The number of nitrogens with two attached hydrogens (primary N) is 1. The fraction of sp³-hybridized carbons (Fsp3) is 0.857. The van der Waals surface area contributed by atoms with E-state index in [1.54, 1.807) is 0 Å². The van der Waals surface area contributed by atoms with Crippen LogP contribution in [0.3, 0.4) is 0 Å². The first-order valence-corrected chi connectivity index (χ1v) is 6.59. The summed E-state index contributed by atoms with van der Waals surface area (Å²) in [5.74, 6) is 1.74. The minimum atomic E-state index is 0.371. The van der Waals surface area contributed by atoms with Gasteiger partial charge in [-0.25, -0.2) is 0 Å². The molecule has 1 unspecified atom stereocenters. The van der Waals surface area contributed by atoms with Gasteiger partial charge in [-0.3, -0.25) is 0 Å². The third-order valence-corrected chi connectivity index (χ3v) is 4.10. The van der Waals surface area contributed by atoms with E-state index in [2.05, 4.69) is 20.4 Å². The summed E-state index contributed by atoms with van der Waals surface area (Å²) < 4.78 is 0. The van der Waals surface area contributed by atoms with Gasteiger partial charge in [0.15, 0.2) is 0 Å². The van der Waals surface area contributed by atoms with E-state index in [4.69, 9.17) is 5.73 Å². The molecule has 0 saturated heterocycles. The third-order valence-electron chi connectivity index (χ3n) is 4.10. The maximum atomic E-state index is 6.25. The molecule has 1 atom stereocenters. The minimum absolute atomic E-state index is 0.371. The average molecular weight is 209 g/mol. The molecule has 1 fully saturated rings. The Kier molecular flexibility index (Phi) is 5.38. The zero-order valence-electron chi connectivity index (χ0n) is 10.5. The van der Waals surface area contributed by atoms with Gasteiger partial charge in [0.2, 0.25) is 0 Å². The smallest absolute Gasteiger partial charge is 0.0104 e. The Hall–Kier alpha value is -0.300. The lowest BCUT2D eigenvalue weighted by atomic mass is 9.76. The van der Waals surface area contributed by atoms with Gasteiger partial charge in [-0.05, 0) is 37.5 Å². The maximum Gasteiger partial charge on any atom is 0.0104 e. The van der Waals surface area contributed by atoms with Crippen LogP contribution in [0.1, 0.15) is 58.8 Å². The van der Waals surface area contributed by atoms with Crippen LogP contribution in [-0.2, 0) is 0 Å². The molecule has 1 saturated carbocycles. The molecule has 1 heteroatoms. The van der Waals surface area contributed by atoms with Crippen LogP contribution in [0, 0.1) is 11.8 Å². The van der Waals surface area contributed by atoms with Gasteiger partial charge < -0.3 is 5.73 Å². The SMILES string of the molecule is C=C(CC)CC(N)C1CCC(CC)CC1. The highest BCUT2D eigenvalue weighted by Crippen LogP contribution is 2.33. The molecule has 1 rings (SSSR count). The highest BCUT2D eigenvalue weighted by Gasteiger charge is 2.24. The highest BCUT2D eigenvalue weighted by atomic mass is 14.6. The molecular formula is C14H27N. The fourth-order valence-corrected chi connectivity index (χ4v) is 2.67. The normalized spacial score (nSPS) is 28.7. The van der Waals surface area contributed by atoms with E-state index >= 15 is 0 Å². The molecule has 0 aromatic heterocycles. The van der Waals surface area contributed by atoms with Gasteiger partial charge in [-0.15, -0.1) is 0 Å². The zero-order chi connectivity index (χ0) is 11.3. The lowest BCUT2D eigenvalue weighted by Crippen LogP contribution is -2.33. The number of hydrogen-bond donors (Lipinski definition) is 1.